The fourth-order valence-corrected chi connectivity index (χ4v) is 3.28. The molecule has 7 heteroatoms. The summed E-state index contributed by atoms with van der Waals surface area (Å²) in [6.07, 6.45) is 3.41. The molecule has 116 valence electrons. The Hall–Kier alpha value is -1.95. The predicted octanol–water partition coefficient (Wildman–Crippen LogP) is 5.07. The second-order valence-electron chi connectivity index (χ2n) is 4.75. The molecule has 0 unspecified atom stereocenters. The number of carbonyl (C=O) groups excluding carboxylic acids is 1. The lowest BCUT2D eigenvalue weighted by Crippen LogP contribution is -2.11. The number of hydrogen-bond acceptors (Lipinski definition) is 4. The Morgan fingerprint density at radius 1 is 1.26 bits per heavy atom. The molecular formula is C16H11Cl2N3OS. The highest BCUT2D eigenvalue weighted by Gasteiger charge is 2.17. The summed E-state index contributed by atoms with van der Waals surface area (Å²) in [5.74, 6) is -0.265. The molecule has 0 saturated carbocycles. The number of nitrogens with one attached hydrogen (secondary N) is 1. The van der Waals surface area contributed by atoms with E-state index in [-0.39, 0.29) is 5.91 Å². The van der Waals surface area contributed by atoms with Gasteiger partial charge in [-0.2, -0.15) is 0 Å². The van der Waals surface area contributed by atoms with Crippen LogP contribution in [0.2, 0.25) is 10.0 Å². The van der Waals surface area contributed by atoms with Crippen LogP contribution in [-0.2, 0) is 0 Å². The van der Waals surface area contributed by atoms with Gasteiger partial charge in [-0.3, -0.25) is 9.78 Å². The summed E-state index contributed by atoms with van der Waals surface area (Å²) < 4.78 is 0. The van der Waals surface area contributed by atoms with Crippen LogP contribution in [0.3, 0.4) is 0 Å². The van der Waals surface area contributed by atoms with Crippen LogP contribution in [0.5, 0.6) is 0 Å². The summed E-state index contributed by atoms with van der Waals surface area (Å²) in [6, 6.07) is 8.65. The molecular weight excluding hydrogens is 353 g/mol. The maximum absolute atomic E-state index is 12.5. The highest BCUT2D eigenvalue weighted by atomic mass is 35.5. The van der Waals surface area contributed by atoms with Crippen LogP contribution in [0.4, 0.5) is 5.69 Å². The first-order valence-electron chi connectivity index (χ1n) is 6.69. The first kappa shape index (κ1) is 15.9. The number of carbonyl (C=O) groups is 1. The molecule has 2 heterocycles. The molecule has 1 amide bonds. The SMILES string of the molecule is Cc1nc(-c2cccnc2)sc1C(=O)Nc1cc(Cl)ccc1Cl. The lowest BCUT2D eigenvalue weighted by Gasteiger charge is -2.06. The molecule has 0 bridgehead atoms. The number of hydrogen-bond donors (Lipinski definition) is 1. The third-order valence-corrected chi connectivity index (χ3v) is 4.86. The van der Waals surface area contributed by atoms with E-state index >= 15 is 0 Å². The van der Waals surface area contributed by atoms with Crippen molar-refractivity contribution in [2.45, 2.75) is 6.92 Å². The minimum atomic E-state index is -0.265. The average Bonchev–Trinajstić information content (AvgIpc) is 2.94. The van der Waals surface area contributed by atoms with Gasteiger partial charge in [0, 0.05) is 23.0 Å². The van der Waals surface area contributed by atoms with E-state index in [0.717, 1.165) is 10.6 Å². The van der Waals surface area contributed by atoms with Gasteiger partial charge in [-0.15, -0.1) is 11.3 Å². The number of thiazole rings is 1. The minimum Gasteiger partial charge on any atom is -0.320 e. The molecule has 3 aromatic rings. The summed E-state index contributed by atoms with van der Waals surface area (Å²) in [5, 5.41) is 4.45. The van der Waals surface area contributed by atoms with E-state index < -0.39 is 0 Å². The van der Waals surface area contributed by atoms with Gasteiger partial charge in [-0.25, -0.2) is 4.98 Å². The van der Waals surface area contributed by atoms with E-state index in [1.165, 1.54) is 11.3 Å². The van der Waals surface area contributed by atoms with Crippen molar-refractivity contribution < 1.29 is 4.79 Å². The molecule has 3 rings (SSSR count). The molecule has 1 N–H and O–H groups in total. The van der Waals surface area contributed by atoms with Crippen LogP contribution >= 0.6 is 34.5 Å². The lowest BCUT2D eigenvalue weighted by molar-refractivity contribution is 0.103. The van der Waals surface area contributed by atoms with Gasteiger partial charge in [0.15, 0.2) is 0 Å². The van der Waals surface area contributed by atoms with E-state index in [1.807, 2.05) is 12.1 Å². The monoisotopic (exact) mass is 363 g/mol. The van der Waals surface area contributed by atoms with Crippen molar-refractivity contribution in [3.63, 3.8) is 0 Å². The van der Waals surface area contributed by atoms with Crippen molar-refractivity contribution in [2.75, 3.05) is 5.32 Å². The molecule has 0 aliphatic carbocycles. The van der Waals surface area contributed by atoms with Crippen molar-refractivity contribution in [1.82, 2.24) is 9.97 Å². The van der Waals surface area contributed by atoms with Crippen LogP contribution in [-0.4, -0.2) is 15.9 Å². The fourth-order valence-electron chi connectivity index (χ4n) is 1.99. The minimum absolute atomic E-state index is 0.265. The number of anilines is 1. The van der Waals surface area contributed by atoms with Crippen LogP contribution in [0, 0.1) is 6.92 Å². The van der Waals surface area contributed by atoms with E-state index in [1.54, 1.807) is 37.5 Å². The highest BCUT2D eigenvalue weighted by molar-refractivity contribution is 7.17. The standard InChI is InChI=1S/C16H11Cl2N3OS/c1-9-14(23-16(20-9)10-3-2-6-19-8-10)15(22)21-13-7-11(17)4-5-12(13)18/h2-8H,1H3,(H,21,22). The van der Waals surface area contributed by atoms with Gasteiger partial charge < -0.3 is 5.32 Å². The highest BCUT2D eigenvalue weighted by Crippen LogP contribution is 2.30. The molecule has 2 aromatic heterocycles. The number of aryl methyl sites for hydroxylation is 1. The molecule has 0 fully saturated rings. The smallest absolute Gasteiger partial charge is 0.267 e. The predicted molar refractivity (Wildman–Crippen MR) is 94.5 cm³/mol. The number of benzene rings is 1. The largest absolute Gasteiger partial charge is 0.320 e. The van der Waals surface area contributed by atoms with Gasteiger partial charge in [0.1, 0.15) is 9.88 Å². The summed E-state index contributed by atoms with van der Waals surface area (Å²) >= 11 is 13.3. The molecule has 1 aromatic carbocycles. The summed E-state index contributed by atoms with van der Waals surface area (Å²) in [6.45, 7) is 1.80. The number of pyridine rings is 1. The summed E-state index contributed by atoms with van der Waals surface area (Å²) in [5.41, 5.74) is 2.00. The quantitative estimate of drug-likeness (QED) is 0.706. The Balaban J connectivity index is 1.88. The average molecular weight is 364 g/mol. The van der Waals surface area contributed by atoms with Crippen molar-refractivity contribution >= 4 is 46.1 Å². The first-order chi connectivity index (χ1) is 11.0. The molecule has 4 nitrogen and oxygen atoms in total. The molecule has 0 atom stereocenters. The summed E-state index contributed by atoms with van der Waals surface area (Å²) in [4.78, 5) is 21.5. The number of amides is 1. The van der Waals surface area contributed by atoms with Crippen LogP contribution < -0.4 is 5.32 Å². The third kappa shape index (κ3) is 3.52. The maximum Gasteiger partial charge on any atom is 0.267 e. The Labute approximate surface area is 147 Å². The molecule has 0 aliphatic rings. The van der Waals surface area contributed by atoms with Crippen LogP contribution in [0.15, 0.2) is 42.7 Å². The lowest BCUT2D eigenvalue weighted by atomic mass is 10.3. The zero-order valence-corrected chi connectivity index (χ0v) is 14.3. The van der Waals surface area contributed by atoms with Crippen molar-refractivity contribution in [3.05, 3.63) is 63.3 Å². The number of aromatic nitrogens is 2. The van der Waals surface area contributed by atoms with E-state index in [4.69, 9.17) is 23.2 Å². The Morgan fingerprint density at radius 2 is 2.09 bits per heavy atom. The van der Waals surface area contributed by atoms with Gasteiger partial charge in [-0.1, -0.05) is 23.2 Å². The van der Waals surface area contributed by atoms with Gasteiger partial charge in [0.2, 0.25) is 0 Å². The van der Waals surface area contributed by atoms with Crippen molar-refractivity contribution in [3.8, 4) is 10.6 Å². The summed E-state index contributed by atoms with van der Waals surface area (Å²) in [7, 11) is 0. The number of nitrogens with zero attached hydrogens (tertiary/aromatic N) is 2. The topological polar surface area (TPSA) is 54.9 Å². The zero-order valence-electron chi connectivity index (χ0n) is 12.0. The Kier molecular flexibility index (Phi) is 4.61. The molecule has 23 heavy (non-hydrogen) atoms. The first-order valence-corrected chi connectivity index (χ1v) is 8.26. The van der Waals surface area contributed by atoms with Gasteiger partial charge in [0.05, 0.1) is 16.4 Å². The number of halogens is 2. The van der Waals surface area contributed by atoms with E-state index in [0.29, 0.717) is 26.3 Å². The van der Waals surface area contributed by atoms with Gasteiger partial charge in [0.25, 0.3) is 5.91 Å². The molecule has 0 aliphatic heterocycles. The third-order valence-electron chi connectivity index (χ3n) is 3.09. The fraction of sp³-hybridized carbons (Fsp3) is 0.0625. The zero-order chi connectivity index (χ0) is 16.4. The van der Waals surface area contributed by atoms with Crippen LogP contribution in [0.1, 0.15) is 15.4 Å². The number of rotatable bonds is 3. The molecule has 0 radical (unpaired) electrons. The van der Waals surface area contributed by atoms with Crippen molar-refractivity contribution in [2.24, 2.45) is 0 Å². The molecule has 0 spiro atoms. The van der Waals surface area contributed by atoms with Gasteiger partial charge >= 0.3 is 0 Å². The Bertz CT molecular complexity index is 865. The van der Waals surface area contributed by atoms with E-state index in [2.05, 4.69) is 15.3 Å². The second-order valence-corrected chi connectivity index (χ2v) is 6.60. The van der Waals surface area contributed by atoms with Crippen molar-refractivity contribution in [1.29, 1.82) is 0 Å². The van der Waals surface area contributed by atoms with Gasteiger partial charge in [-0.05, 0) is 37.3 Å². The molecule has 0 saturated heterocycles. The maximum atomic E-state index is 12.5. The normalized spacial score (nSPS) is 10.6. The second kappa shape index (κ2) is 6.66. The van der Waals surface area contributed by atoms with Crippen LogP contribution in [0.25, 0.3) is 10.6 Å². The Morgan fingerprint density at radius 3 is 2.83 bits per heavy atom. The van der Waals surface area contributed by atoms with E-state index in [9.17, 15) is 4.79 Å².